The summed E-state index contributed by atoms with van der Waals surface area (Å²) >= 11 is 0. The zero-order valence-electron chi connectivity index (χ0n) is 13.4. The van der Waals surface area contributed by atoms with Crippen molar-refractivity contribution >= 4 is 0 Å². The van der Waals surface area contributed by atoms with Crippen LogP contribution in [0.5, 0.6) is 0 Å². The summed E-state index contributed by atoms with van der Waals surface area (Å²) in [6.07, 6.45) is 9.83. The number of nitrogens with zero attached hydrogens (tertiary/aromatic N) is 1. The molecule has 0 radical (unpaired) electrons. The SMILES string of the molecule is CN(CC1CCCCC1)C(CN)c1cccc(C2CC2)c1. The molecule has 0 aliphatic heterocycles. The number of nitrogens with two attached hydrogens (primary N) is 1. The summed E-state index contributed by atoms with van der Waals surface area (Å²) in [7, 11) is 2.26. The molecule has 1 aromatic carbocycles. The van der Waals surface area contributed by atoms with E-state index in [1.807, 2.05) is 0 Å². The summed E-state index contributed by atoms with van der Waals surface area (Å²) in [5, 5.41) is 0. The van der Waals surface area contributed by atoms with E-state index in [2.05, 4.69) is 36.2 Å². The Morgan fingerprint density at radius 3 is 2.57 bits per heavy atom. The van der Waals surface area contributed by atoms with E-state index in [0.717, 1.165) is 18.4 Å². The molecular formula is C19H30N2. The van der Waals surface area contributed by atoms with Gasteiger partial charge in [0.1, 0.15) is 0 Å². The molecule has 2 aliphatic rings. The molecule has 0 heterocycles. The van der Waals surface area contributed by atoms with Crippen molar-refractivity contribution in [2.24, 2.45) is 11.7 Å². The lowest BCUT2D eigenvalue weighted by Gasteiger charge is -2.32. The Morgan fingerprint density at radius 2 is 1.90 bits per heavy atom. The van der Waals surface area contributed by atoms with E-state index in [-0.39, 0.29) is 0 Å². The van der Waals surface area contributed by atoms with Gasteiger partial charge in [-0.25, -0.2) is 0 Å². The highest BCUT2D eigenvalue weighted by atomic mass is 15.1. The molecule has 2 fully saturated rings. The van der Waals surface area contributed by atoms with Crippen molar-refractivity contribution in [3.8, 4) is 0 Å². The highest BCUT2D eigenvalue weighted by Crippen LogP contribution is 2.40. The zero-order chi connectivity index (χ0) is 14.7. The van der Waals surface area contributed by atoms with Crippen LogP contribution in [0.4, 0.5) is 0 Å². The van der Waals surface area contributed by atoms with Gasteiger partial charge in [0.15, 0.2) is 0 Å². The summed E-state index contributed by atoms with van der Waals surface area (Å²) in [4.78, 5) is 2.50. The molecule has 0 aromatic heterocycles. The average molecular weight is 286 g/mol. The van der Waals surface area contributed by atoms with Crippen molar-refractivity contribution in [2.75, 3.05) is 20.1 Å². The number of hydrogen-bond acceptors (Lipinski definition) is 2. The largest absolute Gasteiger partial charge is 0.329 e. The average Bonchev–Trinajstić information content (AvgIpc) is 3.34. The van der Waals surface area contributed by atoms with Crippen LogP contribution in [0, 0.1) is 5.92 Å². The van der Waals surface area contributed by atoms with E-state index in [0.29, 0.717) is 6.04 Å². The van der Waals surface area contributed by atoms with Crippen LogP contribution in [-0.2, 0) is 0 Å². The van der Waals surface area contributed by atoms with Crippen molar-refractivity contribution in [3.63, 3.8) is 0 Å². The van der Waals surface area contributed by atoms with Crippen molar-refractivity contribution in [3.05, 3.63) is 35.4 Å². The van der Waals surface area contributed by atoms with Gasteiger partial charge in [0.25, 0.3) is 0 Å². The van der Waals surface area contributed by atoms with E-state index in [4.69, 9.17) is 5.73 Å². The number of likely N-dealkylation sites (N-methyl/N-ethyl adjacent to an activating group) is 1. The van der Waals surface area contributed by atoms with Gasteiger partial charge in [-0.1, -0.05) is 43.5 Å². The molecule has 21 heavy (non-hydrogen) atoms. The number of hydrogen-bond donors (Lipinski definition) is 1. The van der Waals surface area contributed by atoms with Crippen LogP contribution in [0.15, 0.2) is 24.3 Å². The third-order valence-electron chi connectivity index (χ3n) is 5.37. The first-order valence-electron chi connectivity index (χ1n) is 8.78. The Hall–Kier alpha value is -0.860. The third-order valence-corrected chi connectivity index (χ3v) is 5.37. The standard InChI is InChI=1S/C19H30N2/c1-21(14-15-6-3-2-4-7-15)19(13-20)18-9-5-8-17(12-18)16-10-11-16/h5,8-9,12,15-16,19H,2-4,6-7,10-11,13-14,20H2,1H3. The predicted octanol–water partition coefficient (Wildman–Crippen LogP) is 4.08. The maximum atomic E-state index is 6.11. The van der Waals surface area contributed by atoms with Crippen LogP contribution in [0.2, 0.25) is 0 Å². The van der Waals surface area contributed by atoms with Gasteiger partial charge in [0.2, 0.25) is 0 Å². The van der Waals surface area contributed by atoms with Gasteiger partial charge in [-0.15, -0.1) is 0 Å². The Labute approximate surface area is 129 Å². The first-order chi connectivity index (χ1) is 10.3. The fraction of sp³-hybridized carbons (Fsp3) is 0.684. The van der Waals surface area contributed by atoms with Crippen LogP contribution in [-0.4, -0.2) is 25.0 Å². The Morgan fingerprint density at radius 1 is 1.14 bits per heavy atom. The Bertz CT molecular complexity index is 447. The second kappa shape index (κ2) is 6.93. The molecule has 1 unspecified atom stereocenters. The monoisotopic (exact) mass is 286 g/mol. The highest BCUT2D eigenvalue weighted by molar-refractivity contribution is 5.31. The van der Waals surface area contributed by atoms with Crippen molar-refractivity contribution < 1.29 is 0 Å². The molecule has 116 valence electrons. The molecule has 3 rings (SSSR count). The lowest BCUT2D eigenvalue weighted by atomic mass is 9.88. The van der Waals surface area contributed by atoms with E-state index in [1.54, 1.807) is 0 Å². The Balaban J connectivity index is 1.66. The minimum Gasteiger partial charge on any atom is -0.329 e. The van der Waals surface area contributed by atoms with Gasteiger partial charge in [-0.2, -0.15) is 0 Å². The van der Waals surface area contributed by atoms with Gasteiger partial charge in [-0.05, 0) is 55.7 Å². The van der Waals surface area contributed by atoms with E-state index < -0.39 is 0 Å². The second-order valence-corrected chi connectivity index (χ2v) is 7.14. The molecule has 2 N–H and O–H groups in total. The second-order valence-electron chi connectivity index (χ2n) is 7.14. The topological polar surface area (TPSA) is 29.3 Å². The van der Waals surface area contributed by atoms with Crippen LogP contribution in [0.1, 0.15) is 68.0 Å². The summed E-state index contributed by atoms with van der Waals surface area (Å²) in [6.45, 7) is 1.92. The van der Waals surface area contributed by atoms with E-state index >= 15 is 0 Å². The van der Waals surface area contributed by atoms with Gasteiger partial charge >= 0.3 is 0 Å². The van der Waals surface area contributed by atoms with Gasteiger partial charge in [0.05, 0.1) is 0 Å². The summed E-state index contributed by atoms with van der Waals surface area (Å²) in [5.41, 5.74) is 9.05. The molecule has 2 aliphatic carbocycles. The smallest absolute Gasteiger partial charge is 0.0467 e. The van der Waals surface area contributed by atoms with Crippen molar-refractivity contribution in [2.45, 2.75) is 56.9 Å². The highest BCUT2D eigenvalue weighted by Gasteiger charge is 2.25. The first-order valence-corrected chi connectivity index (χ1v) is 8.78. The van der Waals surface area contributed by atoms with Crippen LogP contribution >= 0.6 is 0 Å². The molecule has 2 heteroatoms. The summed E-state index contributed by atoms with van der Waals surface area (Å²) < 4.78 is 0. The molecule has 0 amide bonds. The number of rotatable bonds is 6. The molecule has 0 saturated heterocycles. The number of benzene rings is 1. The third kappa shape index (κ3) is 3.87. The minimum atomic E-state index is 0.380. The van der Waals surface area contributed by atoms with E-state index in [1.165, 1.54) is 62.6 Å². The van der Waals surface area contributed by atoms with Crippen LogP contribution in [0.3, 0.4) is 0 Å². The molecular weight excluding hydrogens is 256 g/mol. The van der Waals surface area contributed by atoms with Crippen molar-refractivity contribution in [1.82, 2.24) is 4.90 Å². The molecule has 2 saturated carbocycles. The Kier molecular flexibility index (Phi) is 4.97. The lowest BCUT2D eigenvalue weighted by molar-refractivity contribution is 0.185. The van der Waals surface area contributed by atoms with Gasteiger partial charge in [-0.3, -0.25) is 4.90 Å². The molecule has 0 bridgehead atoms. The normalized spacial score (nSPS) is 21.7. The fourth-order valence-electron chi connectivity index (χ4n) is 3.91. The predicted molar refractivity (Wildman–Crippen MR) is 89.4 cm³/mol. The summed E-state index contributed by atoms with van der Waals surface area (Å²) in [6, 6.07) is 9.56. The fourth-order valence-corrected chi connectivity index (χ4v) is 3.91. The molecule has 1 atom stereocenters. The van der Waals surface area contributed by atoms with Gasteiger partial charge in [0, 0.05) is 19.1 Å². The maximum absolute atomic E-state index is 6.11. The molecule has 2 nitrogen and oxygen atoms in total. The van der Waals surface area contributed by atoms with Crippen molar-refractivity contribution in [1.29, 1.82) is 0 Å². The van der Waals surface area contributed by atoms with Gasteiger partial charge < -0.3 is 5.73 Å². The van der Waals surface area contributed by atoms with E-state index in [9.17, 15) is 0 Å². The zero-order valence-corrected chi connectivity index (χ0v) is 13.4. The van der Waals surface area contributed by atoms with Crippen LogP contribution < -0.4 is 5.73 Å². The first kappa shape index (κ1) is 15.1. The molecule has 1 aromatic rings. The summed E-state index contributed by atoms with van der Waals surface area (Å²) in [5.74, 6) is 1.71. The quantitative estimate of drug-likeness (QED) is 0.854. The van der Waals surface area contributed by atoms with Crippen LogP contribution in [0.25, 0.3) is 0 Å². The lowest BCUT2D eigenvalue weighted by Crippen LogP contribution is -2.34. The maximum Gasteiger partial charge on any atom is 0.0467 e. The molecule has 0 spiro atoms. The minimum absolute atomic E-state index is 0.380.